The molecule has 0 saturated heterocycles. The number of halogens is 1. The Morgan fingerprint density at radius 2 is 2.21 bits per heavy atom. The number of nitrogens with one attached hydrogen (secondary N) is 1. The Morgan fingerprint density at radius 1 is 1.42 bits per heavy atom. The summed E-state index contributed by atoms with van der Waals surface area (Å²) in [6.45, 7) is 1.95. The van der Waals surface area contributed by atoms with Crippen LogP contribution in [0.4, 0.5) is 5.69 Å². The van der Waals surface area contributed by atoms with Gasteiger partial charge in [-0.1, -0.05) is 24.3 Å². The minimum atomic E-state index is -0.0276. The van der Waals surface area contributed by atoms with Gasteiger partial charge in [-0.05, 0) is 52.0 Å². The highest BCUT2D eigenvalue weighted by Gasteiger charge is 2.31. The van der Waals surface area contributed by atoms with E-state index in [-0.39, 0.29) is 11.8 Å². The van der Waals surface area contributed by atoms with Gasteiger partial charge in [0.05, 0.1) is 17.8 Å². The Kier molecular flexibility index (Phi) is 3.11. The number of amides is 1. The smallest absolute Gasteiger partial charge is 0.232 e. The predicted molar refractivity (Wildman–Crippen MR) is 78.2 cm³/mol. The number of anilines is 1. The summed E-state index contributed by atoms with van der Waals surface area (Å²) in [4.78, 5) is 16.4. The summed E-state index contributed by atoms with van der Waals surface area (Å²) in [6.07, 6.45) is 2.49. The van der Waals surface area contributed by atoms with E-state index in [0.717, 1.165) is 27.8 Å². The molecule has 3 nitrogen and oxygen atoms in total. The molecule has 0 aliphatic heterocycles. The maximum Gasteiger partial charge on any atom is 0.232 e. The first-order chi connectivity index (χ1) is 9.15. The van der Waals surface area contributed by atoms with Gasteiger partial charge in [0, 0.05) is 0 Å². The number of carbonyl (C=O) groups excluding carboxylic acids is 1. The molecule has 1 aromatic heterocycles. The van der Waals surface area contributed by atoms with Gasteiger partial charge in [0.2, 0.25) is 5.91 Å². The predicted octanol–water partition coefficient (Wildman–Crippen LogP) is 3.43. The number of carbonyl (C=O) groups is 1. The number of aromatic nitrogens is 1. The monoisotopic (exact) mass is 316 g/mol. The van der Waals surface area contributed by atoms with Gasteiger partial charge in [-0.3, -0.25) is 4.79 Å². The summed E-state index contributed by atoms with van der Waals surface area (Å²) in [7, 11) is 0. The zero-order chi connectivity index (χ0) is 13.4. The van der Waals surface area contributed by atoms with E-state index in [2.05, 4.69) is 32.3 Å². The first-order valence-corrected chi connectivity index (χ1v) is 6.95. The van der Waals surface area contributed by atoms with E-state index in [1.807, 2.05) is 31.2 Å². The highest BCUT2D eigenvalue weighted by Crippen LogP contribution is 2.35. The number of nitrogens with zero attached hydrogens (tertiary/aromatic N) is 1. The maximum atomic E-state index is 12.2. The van der Waals surface area contributed by atoms with Crippen molar-refractivity contribution < 1.29 is 4.79 Å². The Morgan fingerprint density at radius 3 is 2.95 bits per heavy atom. The van der Waals surface area contributed by atoms with Crippen LogP contribution in [0.1, 0.15) is 22.6 Å². The van der Waals surface area contributed by atoms with Gasteiger partial charge in [-0.2, -0.15) is 0 Å². The number of benzene rings is 1. The fourth-order valence-electron chi connectivity index (χ4n) is 2.35. The molecule has 0 spiro atoms. The molecule has 0 bridgehead atoms. The summed E-state index contributed by atoms with van der Waals surface area (Å²) in [5, 5.41) is 2.93. The van der Waals surface area contributed by atoms with Gasteiger partial charge in [0.15, 0.2) is 0 Å². The Balaban J connectivity index is 1.75. The average molecular weight is 317 g/mol. The average Bonchev–Trinajstić information content (AvgIpc) is 2.35. The lowest BCUT2D eigenvalue weighted by molar-refractivity contribution is -0.118. The second-order valence-corrected chi connectivity index (χ2v) is 5.53. The first kappa shape index (κ1) is 12.4. The fraction of sp³-hybridized carbons (Fsp3) is 0.200. The van der Waals surface area contributed by atoms with E-state index in [4.69, 9.17) is 0 Å². The van der Waals surface area contributed by atoms with Crippen LogP contribution in [0.3, 0.4) is 0 Å². The van der Waals surface area contributed by atoms with Gasteiger partial charge in [-0.15, -0.1) is 0 Å². The lowest BCUT2D eigenvalue weighted by Crippen LogP contribution is -2.30. The molecule has 1 heterocycles. The number of fused-ring (bicyclic) bond motifs is 1. The SMILES string of the molecule is Cc1cc(NC(=O)C2Cc3ccccc32)cnc1Br. The highest BCUT2D eigenvalue weighted by molar-refractivity contribution is 9.10. The largest absolute Gasteiger partial charge is 0.324 e. The summed E-state index contributed by atoms with van der Waals surface area (Å²) < 4.78 is 0.805. The van der Waals surface area contributed by atoms with Crippen molar-refractivity contribution in [3.63, 3.8) is 0 Å². The molecule has 1 aliphatic carbocycles. The van der Waals surface area contributed by atoms with Crippen molar-refractivity contribution in [3.05, 3.63) is 57.8 Å². The van der Waals surface area contributed by atoms with Gasteiger partial charge >= 0.3 is 0 Å². The minimum Gasteiger partial charge on any atom is -0.324 e. The van der Waals surface area contributed by atoms with Crippen LogP contribution < -0.4 is 5.32 Å². The molecule has 0 saturated carbocycles. The Bertz CT molecular complexity index is 654. The minimum absolute atomic E-state index is 0.0276. The van der Waals surface area contributed by atoms with Crippen LogP contribution in [0.2, 0.25) is 0 Å². The van der Waals surface area contributed by atoms with Crippen molar-refractivity contribution in [1.82, 2.24) is 4.98 Å². The molecule has 1 amide bonds. The van der Waals surface area contributed by atoms with E-state index in [1.165, 1.54) is 5.56 Å². The molecule has 1 unspecified atom stereocenters. The fourth-order valence-corrected chi connectivity index (χ4v) is 2.57. The molecule has 4 heteroatoms. The van der Waals surface area contributed by atoms with Crippen molar-refractivity contribution in [3.8, 4) is 0 Å². The molecule has 1 atom stereocenters. The van der Waals surface area contributed by atoms with Gasteiger partial charge in [0.1, 0.15) is 4.60 Å². The molecule has 19 heavy (non-hydrogen) atoms. The second kappa shape index (κ2) is 4.78. The summed E-state index contributed by atoms with van der Waals surface area (Å²) in [5.41, 5.74) is 4.16. The van der Waals surface area contributed by atoms with Crippen LogP contribution in [-0.4, -0.2) is 10.9 Å². The van der Waals surface area contributed by atoms with Crippen LogP contribution in [0.5, 0.6) is 0 Å². The summed E-state index contributed by atoms with van der Waals surface area (Å²) in [5.74, 6) is 0.0161. The van der Waals surface area contributed by atoms with Crippen molar-refractivity contribution in [2.24, 2.45) is 0 Å². The Hall–Kier alpha value is -1.68. The number of aryl methyl sites for hydroxylation is 1. The number of hydrogen-bond acceptors (Lipinski definition) is 2. The standard InChI is InChI=1S/C15H13BrN2O/c1-9-6-11(8-17-14(9)16)18-15(19)13-7-10-4-2-3-5-12(10)13/h2-6,8,13H,7H2,1H3,(H,18,19). The molecule has 96 valence electrons. The van der Waals surface area contributed by atoms with Gasteiger partial charge < -0.3 is 5.32 Å². The van der Waals surface area contributed by atoms with Crippen LogP contribution in [0.15, 0.2) is 41.1 Å². The van der Waals surface area contributed by atoms with Crippen molar-refractivity contribution in [1.29, 1.82) is 0 Å². The molecule has 1 aromatic carbocycles. The van der Waals surface area contributed by atoms with Crippen LogP contribution in [0, 0.1) is 6.92 Å². The topological polar surface area (TPSA) is 42.0 Å². The quantitative estimate of drug-likeness (QED) is 0.862. The number of pyridine rings is 1. The van der Waals surface area contributed by atoms with Crippen LogP contribution in [-0.2, 0) is 11.2 Å². The van der Waals surface area contributed by atoms with E-state index < -0.39 is 0 Å². The molecule has 1 aliphatic rings. The Labute approximate surface area is 120 Å². The van der Waals surface area contributed by atoms with Crippen LogP contribution in [0.25, 0.3) is 0 Å². The summed E-state index contributed by atoms with van der Waals surface area (Å²) in [6, 6.07) is 10.00. The van der Waals surface area contributed by atoms with E-state index >= 15 is 0 Å². The van der Waals surface area contributed by atoms with Gasteiger partial charge in [0.25, 0.3) is 0 Å². The third-order valence-corrected chi connectivity index (χ3v) is 4.28. The molecule has 1 N–H and O–H groups in total. The zero-order valence-corrected chi connectivity index (χ0v) is 12.1. The third-order valence-electron chi connectivity index (χ3n) is 3.45. The molecular weight excluding hydrogens is 304 g/mol. The third kappa shape index (κ3) is 2.28. The first-order valence-electron chi connectivity index (χ1n) is 6.16. The van der Waals surface area contributed by atoms with Crippen molar-refractivity contribution >= 4 is 27.5 Å². The van der Waals surface area contributed by atoms with E-state index in [0.29, 0.717) is 0 Å². The summed E-state index contributed by atoms with van der Waals surface area (Å²) >= 11 is 3.35. The van der Waals surface area contributed by atoms with Gasteiger partial charge in [-0.25, -0.2) is 4.98 Å². The second-order valence-electron chi connectivity index (χ2n) is 4.78. The lowest BCUT2D eigenvalue weighted by Gasteiger charge is -2.28. The van der Waals surface area contributed by atoms with Crippen molar-refractivity contribution in [2.45, 2.75) is 19.3 Å². The maximum absolute atomic E-state index is 12.2. The molecule has 0 fully saturated rings. The normalized spacial score (nSPS) is 16.4. The van der Waals surface area contributed by atoms with E-state index in [9.17, 15) is 4.79 Å². The molecular formula is C15H13BrN2O. The van der Waals surface area contributed by atoms with Crippen LogP contribution >= 0.6 is 15.9 Å². The zero-order valence-electron chi connectivity index (χ0n) is 10.5. The van der Waals surface area contributed by atoms with E-state index in [1.54, 1.807) is 6.20 Å². The molecule has 3 rings (SSSR count). The molecule has 0 radical (unpaired) electrons. The number of hydrogen-bond donors (Lipinski definition) is 1. The lowest BCUT2D eigenvalue weighted by atomic mass is 9.77. The van der Waals surface area contributed by atoms with Crippen molar-refractivity contribution in [2.75, 3.05) is 5.32 Å². The molecule has 2 aromatic rings. The highest BCUT2D eigenvalue weighted by atomic mass is 79.9. The number of rotatable bonds is 2.